The SMILES string of the molecule is CCc1ccc(NC(=O)CNC(=O)c2ccc(C(F)(F)F)cc2)cc1. The van der Waals surface area contributed by atoms with Crippen LogP contribution in [0.25, 0.3) is 0 Å². The van der Waals surface area contributed by atoms with Crippen molar-refractivity contribution in [3.63, 3.8) is 0 Å². The molecule has 0 saturated carbocycles. The number of carbonyl (C=O) groups is 2. The van der Waals surface area contributed by atoms with E-state index in [4.69, 9.17) is 0 Å². The van der Waals surface area contributed by atoms with E-state index in [1.54, 1.807) is 12.1 Å². The van der Waals surface area contributed by atoms with Crippen LogP contribution < -0.4 is 10.6 Å². The van der Waals surface area contributed by atoms with E-state index < -0.39 is 23.6 Å². The van der Waals surface area contributed by atoms with Gasteiger partial charge in [-0.1, -0.05) is 19.1 Å². The molecule has 0 unspecified atom stereocenters. The first-order valence-electron chi connectivity index (χ1n) is 7.64. The summed E-state index contributed by atoms with van der Waals surface area (Å²) in [6, 6.07) is 11.1. The van der Waals surface area contributed by atoms with Crippen molar-refractivity contribution < 1.29 is 22.8 Å². The first-order valence-corrected chi connectivity index (χ1v) is 7.64. The zero-order chi connectivity index (χ0) is 18.4. The Morgan fingerprint density at radius 3 is 2.08 bits per heavy atom. The molecule has 0 fully saturated rings. The molecule has 2 N–H and O–H groups in total. The lowest BCUT2D eigenvalue weighted by atomic mass is 10.1. The standard InChI is InChI=1S/C18H17F3N2O2/c1-2-12-3-9-15(10-4-12)23-16(24)11-22-17(25)13-5-7-14(8-6-13)18(19,20)21/h3-10H,2,11H2,1H3,(H,22,25)(H,23,24). The predicted octanol–water partition coefficient (Wildman–Crippen LogP) is 3.64. The average Bonchev–Trinajstić information content (AvgIpc) is 2.59. The summed E-state index contributed by atoms with van der Waals surface area (Å²) >= 11 is 0. The van der Waals surface area contributed by atoms with Crippen molar-refractivity contribution >= 4 is 17.5 Å². The molecule has 0 heterocycles. The number of amides is 2. The van der Waals surface area contributed by atoms with Crippen molar-refractivity contribution in [3.05, 3.63) is 65.2 Å². The molecular formula is C18H17F3N2O2. The number of halogens is 3. The molecule has 25 heavy (non-hydrogen) atoms. The lowest BCUT2D eigenvalue weighted by molar-refractivity contribution is -0.137. The van der Waals surface area contributed by atoms with Gasteiger partial charge in [0.05, 0.1) is 12.1 Å². The van der Waals surface area contributed by atoms with E-state index in [-0.39, 0.29) is 12.1 Å². The van der Waals surface area contributed by atoms with Gasteiger partial charge in [0.2, 0.25) is 5.91 Å². The Bertz CT molecular complexity index is 738. The van der Waals surface area contributed by atoms with E-state index in [0.29, 0.717) is 5.69 Å². The van der Waals surface area contributed by atoms with Crippen molar-refractivity contribution in [1.82, 2.24) is 5.32 Å². The van der Waals surface area contributed by atoms with Crippen molar-refractivity contribution in [2.24, 2.45) is 0 Å². The second-order valence-corrected chi connectivity index (χ2v) is 5.36. The molecule has 7 heteroatoms. The van der Waals surface area contributed by atoms with Gasteiger partial charge in [0, 0.05) is 11.3 Å². The molecular weight excluding hydrogens is 333 g/mol. The van der Waals surface area contributed by atoms with Gasteiger partial charge in [-0.25, -0.2) is 0 Å². The summed E-state index contributed by atoms with van der Waals surface area (Å²) in [5, 5.41) is 4.99. The minimum Gasteiger partial charge on any atom is -0.343 e. The Kier molecular flexibility index (Phi) is 5.80. The quantitative estimate of drug-likeness (QED) is 0.865. The van der Waals surface area contributed by atoms with E-state index in [1.807, 2.05) is 19.1 Å². The van der Waals surface area contributed by atoms with Gasteiger partial charge >= 0.3 is 6.18 Å². The number of hydrogen-bond donors (Lipinski definition) is 2. The Balaban J connectivity index is 1.87. The molecule has 4 nitrogen and oxygen atoms in total. The van der Waals surface area contributed by atoms with Crippen LogP contribution in [-0.4, -0.2) is 18.4 Å². The molecule has 2 aromatic rings. The van der Waals surface area contributed by atoms with Gasteiger partial charge in [0.15, 0.2) is 0 Å². The van der Waals surface area contributed by atoms with Crippen molar-refractivity contribution in [3.8, 4) is 0 Å². The summed E-state index contributed by atoms with van der Waals surface area (Å²) in [4.78, 5) is 23.7. The molecule has 2 amide bonds. The van der Waals surface area contributed by atoms with Gasteiger partial charge in [-0.2, -0.15) is 13.2 Å². The van der Waals surface area contributed by atoms with Gasteiger partial charge in [-0.05, 0) is 48.4 Å². The maximum atomic E-state index is 12.5. The molecule has 0 radical (unpaired) electrons. The summed E-state index contributed by atoms with van der Waals surface area (Å²) in [6.45, 7) is 1.74. The number of carbonyl (C=O) groups excluding carboxylic acids is 2. The molecule has 132 valence electrons. The fourth-order valence-corrected chi connectivity index (χ4v) is 2.10. The normalized spacial score (nSPS) is 11.0. The van der Waals surface area contributed by atoms with Crippen LogP contribution in [0.3, 0.4) is 0 Å². The summed E-state index contributed by atoms with van der Waals surface area (Å²) in [7, 11) is 0. The van der Waals surface area contributed by atoms with Crippen LogP contribution in [0.1, 0.15) is 28.4 Å². The van der Waals surface area contributed by atoms with Crippen molar-refractivity contribution in [1.29, 1.82) is 0 Å². The fraction of sp³-hybridized carbons (Fsp3) is 0.222. The molecule has 0 saturated heterocycles. The number of hydrogen-bond acceptors (Lipinski definition) is 2. The van der Waals surface area contributed by atoms with Gasteiger partial charge in [0.1, 0.15) is 0 Å². The zero-order valence-electron chi connectivity index (χ0n) is 13.5. The molecule has 0 aliphatic rings. The van der Waals surface area contributed by atoms with E-state index in [1.165, 1.54) is 0 Å². The minimum atomic E-state index is -4.46. The van der Waals surface area contributed by atoms with E-state index in [2.05, 4.69) is 10.6 Å². The maximum absolute atomic E-state index is 12.5. The number of anilines is 1. The van der Waals surface area contributed by atoms with Crippen LogP contribution in [0, 0.1) is 0 Å². The monoisotopic (exact) mass is 350 g/mol. The largest absolute Gasteiger partial charge is 0.416 e. The number of nitrogens with one attached hydrogen (secondary N) is 2. The topological polar surface area (TPSA) is 58.2 Å². The van der Waals surface area contributed by atoms with Gasteiger partial charge in [-0.15, -0.1) is 0 Å². The summed E-state index contributed by atoms with van der Waals surface area (Å²) < 4.78 is 37.4. The average molecular weight is 350 g/mol. The summed E-state index contributed by atoms with van der Waals surface area (Å²) in [6.07, 6.45) is -3.57. The highest BCUT2D eigenvalue weighted by Crippen LogP contribution is 2.29. The molecule has 0 aliphatic carbocycles. The molecule has 0 aromatic heterocycles. The third-order valence-corrected chi connectivity index (χ3v) is 3.53. The van der Waals surface area contributed by atoms with Crippen LogP contribution in [-0.2, 0) is 17.4 Å². The number of alkyl halides is 3. The second-order valence-electron chi connectivity index (χ2n) is 5.36. The molecule has 0 atom stereocenters. The highest BCUT2D eigenvalue weighted by molar-refractivity contribution is 5.99. The third-order valence-electron chi connectivity index (χ3n) is 3.53. The van der Waals surface area contributed by atoms with Gasteiger partial charge in [0.25, 0.3) is 5.91 Å². The number of aryl methyl sites for hydroxylation is 1. The highest BCUT2D eigenvalue weighted by Gasteiger charge is 2.30. The fourth-order valence-electron chi connectivity index (χ4n) is 2.10. The van der Waals surface area contributed by atoms with E-state index >= 15 is 0 Å². The smallest absolute Gasteiger partial charge is 0.343 e. The second kappa shape index (κ2) is 7.83. The van der Waals surface area contributed by atoms with Crippen LogP contribution in [0.15, 0.2) is 48.5 Å². The van der Waals surface area contributed by atoms with Crippen LogP contribution in [0.5, 0.6) is 0 Å². The molecule has 0 bridgehead atoms. The van der Waals surface area contributed by atoms with Crippen LogP contribution in [0.4, 0.5) is 18.9 Å². The Morgan fingerprint density at radius 1 is 0.960 bits per heavy atom. The van der Waals surface area contributed by atoms with Gasteiger partial charge in [-0.3, -0.25) is 9.59 Å². The lowest BCUT2D eigenvalue weighted by Gasteiger charge is -2.09. The first-order chi connectivity index (χ1) is 11.8. The molecule has 2 rings (SSSR count). The molecule has 0 aliphatic heterocycles. The minimum absolute atomic E-state index is 0.0492. The Labute approximate surface area is 143 Å². The Morgan fingerprint density at radius 2 is 1.56 bits per heavy atom. The lowest BCUT2D eigenvalue weighted by Crippen LogP contribution is -2.32. The predicted molar refractivity (Wildman–Crippen MR) is 88.2 cm³/mol. The molecule has 0 spiro atoms. The number of rotatable bonds is 5. The first kappa shape index (κ1) is 18.5. The third kappa shape index (κ3) is 5.34. The summed E-state index contributed by atoms with van der Waals surface area (Å²) in [5.74, 6) is -1.05. The van der Waals surface area contributed by atoms with E-state index in [0.717, 1.165) is 36.2 Å². The van der Waals surface area contributed by atoms with Crippen LogP contribution >= 0.6 is 0 Å². The van der Waals surface area contributed by atoms with Gasteiger partial charge < -0.3 is 10.6 Å². The maximum Gasteiger partial charge on any atom is 0.416 e. The summed E-state index contributed by atoms with van der Waals surface area (Å²) in [5.41, 5.74) is 0.949. The zero-order valence-corrected chi connectivity index (χ0v) is 13.5. The Hall–Kier alpha value is -2.83. The van der Waals surface area contributed by atoms with E-state index in [9.17, 15) is 22.8 Å². The highest BCUT2D eigenvalue weighted by atomic mass is 19.4. The van der Waals surface area contributed by atoms with Crippen molar-refractivity contribution in [2.45, 2.75) is 19.5 Å². The van der Waals surface area contributed by atoms with Crippen molar-refractivity contribution in [2.75, 3.05) is 11.9 Å². The molecule has 2 aromatic carbocycles. The number of benzene rings is 2. The van der Waals surface area contributed by atoms with Crippen LogP contribution in [0.2, 0.25) is 0 Å².